The van der Waals surface area contributed by atoms with Gasteiger partial charge in [0.15, 0.2) is 6.61 Å². The lowest BCUT2D eigenvalue weighted by Crippen LogP contribution is -2.01. The van der Waals surface area contributed by atoms with Crippen molar-refractivity contribution in [2.75, 3.05) is 0 Å². The Kier molecular flexibility index (Phi) is 4.80. The topological polar surface area (TPSA) is 48.2 Å². The molecule has 0 saturated carbocycles. The first-order chi connectivity index (χ1) is 9.24. The first-order valence-electron chi connectivity index (χ1n) is 6.33. The third-order valence-corrected chi connectivity index (χ3v) is 3.27. The second-order valence-electron chi connectivity index (χ2n) is 4.36. The van der Waals surface area contributed by atoms with Gasteiger partial charge in [0.2, 0.25) is 5.89 Å². The van der Waals surface area contributed by atoms with E-state index in [-0.39, 0.29) is 12.5 Å². The lowest BCUT2D eigenvalue weighted by molar-refractivity contribution is 0.256. The zero-order valence-electron chi connectivity index (χ0n) is 11.1. The van der Waals surface area contributed by atoms with Crippen LogP contribution in [0.25, 0.3) is 0 Å². The van der Waals surface area contributed by atoms with Crippen LogP contribution in [0.5, 0.6) is 5.75 Å². The fourth-order valence-electron chi connectivity index (χ4n) is 1.78. The van der Waals surface area contributed by atoms with E-state index in [1.54, 1.807) is 0 Å². The number of halogens is 1. The second-order valence-corrected chi connectivity index (χ2v) is 4.63. The Morgan fingerprint density at radius 1 is 1.26 bits per heavy atom. The minimum Gasteiger partial charge on any atom is -0.484 e. The Bertz CT molecular complexity index is 528. The molecule has 19 heavy (non-hydrogen) atoms. The van der Waals surface area contributed by atoms with Crippen molar-refractivity contribution in [1.29, 1.82) is 0 Å². The summed E-state index contributed by atoms with van der Waals surface area (Å²) in [6.45, 7) is 4.60. The summed E-state index contributed by atoms with van der Waals surface area (Å²) >= 11 is 5.61. The summed E-state index contributed by atoms with van der Waals surface area (Å²) in [5.41, 5.74) is 1.20. The fourth-order valence-corrected chi connectivity index (χ4v) is 1.89. The third kappa shape index (κ3) is 3.47. The van der Waals surface area contributed by atoms with Crippen LogP contribution in [0.4, 0.5) is 0 Å². The predicted molar refractivity (Wildman–Crippen MR) is 73.3 cm³/mol. The molecule has 0 N–H and O–H groups in total. The van der Waals surface area contributed by atoms with E-state index in [9.17, 15) is 0 Å². The first kappa shape index (κ1) is 13.9. The van der Waals surface area contributed by atoms with Gasteiger partial charge in [0, 0.05) is 0 Å². The fraction of sp³-hybridized carbons (Fsp3) is 0.429. The molecule has 0 saturated heterocycles. The van der Waals surface area contributed by atoms with Crippen molar-refractivity contribution >= 4 is 11.6 Å². The van der Waals surface area contributed by atoms with Crippen molar-refractivity contribution in [2.45, 2.75) is 38.7 Å². The van der Waals surface area contributed by atoms with Crippen molar-refractivity contribution < 1.29 is 9.15 Å². The molecule has 0 bridgehead atoms. The zero-order valence-corrected chi connectivity index (χ0v) is 11.9. The molecule has 0 aliphatic heterocycles. The predicted octanol–water partition coefficient (Wildman–Crippen LogP) is 3.90. The highest BCUT2D eigenvalue weighted by Gasteiger charge is 2.11. The lowest BCUT2D eigenvalue weighted by atomic mass is 9.98. The minimum atomic E-state index is 0.219. The van der Waals surface area contributed by atoms with E-state index in [1.165, 1.54) is 5.56 Å². The van der Waals surface area contributed by atoms with E-state index >= 15 is 0 Å². The van der Waals surface area contributed by atoms with E-state index in [1.807, 2.05) is 18.2 Å². The minimum absolute atomic E-state index is 0.219. The highest BCUT2D eigenvalue weighted by molar-refractivity contribution is 6.16. The van der Waals surface area contributed by atoms with Crippen molar-refractivity contribution in [3.05, 3.63) is 41.6 Å². The summed E-state index contributed by atoms with van der Waals surface area (Å²) in [5, 5.41) is 7.66. The van der Waals surface area contributed by atoms with E-state index in [0.29, 0.717) is 17.7 Å². The molecule has 2 aromatic rings. The van der Waals surface area contributed by atoms with Crippen LogP contribution >= 0.6 is 11.6 Å². The zero-order chi connectivity index (χ0) is 13.7. The molecule has 0 spiro atoms. The van der Waals surface area contributed by atoms with Gasteiger partial charge in [0.1, 0.15) is 11.6 Å². The number of alkyl halides is 1. The van der Waals surface area contributed by atoms with E-state index in [4.69, 9.17) is 20.8 Å². The SMILES string of the molecule is CCC(C)c1ccccc1OCc1nnc(CCl)o1. The third-order valence-electron chi connectivity index (χ3n) is 3.04. The molecule has 102 valence electrons. The summed E-state index contributed by atoms with van der Waals surface area (Å²) in [4.78, 5) is 0. The molecule has 0 aliphatic carbocycles. The molecule has 1 aromatic heterocycles. The maximum Gasteiger partial charge on any atom is 0.253 e. The number of aromatic nitrogens is 2. The number of hydrogen-bond acceptors (Lipinski definition) is 4. The number of rotatable bonds is 6. The summed E-state index contributed by atoms with van der Waals surface area (Å²) < 4.78 is 11.1. The monoisotopic (exact) mass is 280 g/mol. The van der Waals surface area contributed by atoms with Crippen LogP contribution in [0.3, 0.4) is 0 Å². The molecule has 0 fully saturated rings. The van der Waals surface area contributed by atoms with Crippen LogP contribution < -0.4 is 4.74 Å². The van der Waals surface area contributed by atoms with Crippen LogP contribution in [0, 0.1) is 0 Å². The van der Waals surface area contributed by atoms with Crippen LogP contribution in [-0.4, -0.2) is 10.2 Å². The van der Waals surface area contributed by atoms with Crippen molar-refractivity contribution in [3.8, 4) is 5.75 Å². The Balaban J connectivity index is 2.06. The first-order valence-corrected chi connectivity index (χ1v) is 6.87. The van der Waals surface area contributed by atoms with Crippen molar-refractivity contribution in [1.82, 2.24) is 10.2 Å². The van der Waals surface area contributed by atoms with Crippen LogP contribution in [0.15, 0.2) is 28.7 Å². The second kappa shape index (κ2) is 6.57. The Morgan fingerprint density at radius 2 is 2.00 bits per heavy atom. The molecule has 4 nitrogen and oxygen atoms in total. The summed E-state index contributed by atoms with van der Waals surface area (Å²) in [7, 11) is 0. The molecular formula is C14H17ClN2O2. The van der Waals surface area contributed by atoms with Crippen LogP contribution in [0.2, 0.25) is 0 Å². The molecular weight excluding hydrogens is 264 g/mol. The van der Waals surface area contributed by atoms with Gasteiger partial charge in [-0.05, 0) is 24.0 Å². The highest BCUT2D eigenvalue weighted by atomic mass is 35.5. The van der Waals surface area contributed by atoms with Crippen molar-refractivity contribution in [3.63, 3.8) is 0 Å². The van der Waals surface area contributed by atoms with E-state index in [2.05, 4.69) is 30.1 Å². The maximum absolute atomic E-state index is 5.76. The average molecular weight is 281 g/mol. The number of hydrogen-bond donors (Lipinski definition) is 0. The highest BCUT2D eigenvalue weighted by Crippen LogP contribution is 2.28. The summed E-state index contributed by atoms with van der Waals surface area (Å²) in [5.74, 6) is 2.39. The van der Waals surface area contributed by atoms with Crippen molar-refractivity contribution in [2.24, 2.45) is 0 Å². The molecule has 2 rings (SSSR count). The molecule has 0 aliphatic rings. The molecule has 1 heterocycles. The van der Waals surface area contributed by atoms with Gasteiger partial charge in [-0.25, -0.2) is 0 Å². The largest absolute Gasteiger partial charge is 0.484 e. The van der Waals surface area contributed by atoms with Gasteiger partial charge in [-0.2, -0.15) is 0 Å². The van der Waals surface area contributed by atoms with Crippen LogP contribution in [-0.2, 0) is 12.5 Å². The number of nitrogens with zero attached hydrogens (tertiary/aromatic N) is 2. The average Bonchev–Trinajstić information content (AvgIpc) is 2.92. The van der Waals surface area contributed by atoms with Gasteiger partial charge >= 0.3 is 0 Å². The van der Waals surface area contributed by atoms with Gasteiger partial charge in [0.25, 0.3) is 5.89 Å². The number of benzene rings is 1. The maximum atomic E-state index is 5.76. The smallest absolute Gasteiger partial charge is 0.253 e. The molecule has 0 radical (unpaired) electrons. The quantitative estimate of drug-likeness (QED) is 0.753. The lowest BCUT2D eigenvalue weighted by Gasteiger charge is -2.14. The van der Waals surface area contributed by atoms with Crippen LogP contribution in [0.1, 0.15) is 43.5 Å². The Morgan fingerprint density at radius 3 is 2.68 bits per heavy atom. The van der Waals surface area contributed by atoms with E-state index < -0.39 is 0 Å². The Labute approximate surface area is 117 Å². The van der Waals surface area contributed by atoms with Gasteiger partial charge < -0.3 is 9.15 Å². The van der Waals surface area contributed by atoms with Gasteiger partial charge in [-0.3, -0.25) is 0 Å². The Hall–Kier alpha value is -1.55. The molecule has 0 amide bonds. The summed E-state index contributed by atoms with van der Waals surface area (Å²) in [6.07, 6.45) is 1.07. The molecule has 1 unspecified atom stereocenters. The van der Waals surface area contributed by atoms with Gasteiger partial charge in [0.05, 0.1) is 0 Å². The number of para-hydroxylation sites is 1. The molecule has 1 aromatic carbocycles. The standard InChI is InChI=1S/C14H17ClN2O2/c1-3-10(2)11-6-4-5-7-12(11)18-9-14-17-16-13(8-15)19-14/h4-7,10H,3,8-9H2,1-2H3. The molecule has 1 atom stereocenters. The molecule has 5 heteroatoms. The van der Waals surface area contributed by atoms with E-state index in [0.717, 1.165) is 12.2 Å². The summed E-state index contributed by atoms with van der Waals surface area (Å²) in [6, 6.07) is 8.02. The number of ether oxygens (including phenoxy) is 1. The van der Waals surface area contributed by atoms with Gasteiger partial charge in [-0.15, -0.1) is 21.8 Å². The normalized spacial score (nSPS) is 12.4. The van der Waals surface area contributed by atoms with Gasteiger partial charge in [-0.1, -0.05) is 32.0 Å².